The smallest absolute Gasteiger partial charge is 0.331 e. The van der Waals surface area contributed by atoms with Crippen LogP contribution >= 0.6 is 0 Å². The second kappa shape index (κ2) is 17.2. The third-order valence-corrected chi connectivity index (χ3v) is 16.3. The van der Waals surface area contributed by atoms with E-state index in [1.54, 1.807) is 6.08 Å². The van der Waals surface area contributed by atoms with Crippen LogP contribution in [-0.2, 0) is 38.0 Å². The van der Waals surface area contributed by atoms with Crippen molar-refractivity contribution >= 4 is 5.97 Å². The molecule has 19 heteroatoms. The maximum Gasteiger partial charge on any atom is 0.331 e. The number of cyclic esters (lactones) is 1. The van der Waals surface area contributed by atoms with Crippen molar-refractivity contribution in [2.45, 2.75) is 175 Å². The van der Waals surface area contributed by atoms with Crippen molar-refractivity contribution in [2.75, 3.05) is 26.4 Å². The monoisotopic (exact) mass is 860 g/mol. The molecule has 7 fully saturated rings. The average molecular weight is 861 g/mol. The lowest BCUT2D eigenvalue weighted by Gasteiger charge is -2.64. The van der Waals surface area contributed by atoms with E-state index in [9.17, 15) is 61.0 Å². The number of aliphatic hydroxyl groups excluding tert-OH is 10. The second-order valence-corrected chi connectivity index (χ2v) is 19.2. The SMILES string of the molecule is C[C@@]12CC[C@H](O[C@H]3O[C@@H](CO[C@@H]4O[C@H](CO[C@@H]5O[C@H](CO)[C@@H](O)[C@H](O)[C@@H]5O)[C@@H](O)[C@H](O)[C@@H]4O)[C@H](O)[C@@H](O)[C@@H]3O)C[C@@H]1CC[C@H]1[C@H]2CC[C@@]2(C)[C@H](C3=CC(=O)OC3)CC[C@]12O. The van der Waals surface area contributed by atoms with Crippen LogP contribution in [0.5, 0.6) is 0 Å². The Morgan fingerprint density at radius 1 is 0.650 bits per heavy atom. The van der Waals surface area contributed by atoms with Crippen molar-refractivity contribution in [3.05, 3.63) is 11.6 Å². The minimum atomic E-state index is -1.81. The van der Waals surface area contributed by atoms with Crippen molar-refractivity contribution < 1.29 is 94.1 Å². The molecule has 0 radical (unpaired) electrons. The van der Waals surface area contributed by atoms with Crippen LogP contribution in [0.1, 0.15) is 71.6 Å². The highest BCUT2D eigenvalue weighted by atomic mass is 16.7. The van der Waals surface area contributed by atoms with E-state index in [2.05, 4.69) is 13.8 Å². The fourth-order valence-electron chi connectivity index (χ4n) is 12.6. The number of hydrogen-bond donors (Lipinski definition) is 11. The van der Waals surface area contributed by atoms with E-state index < -0.39 is 118 Å². The van der Waals surface area contributed by atoms with Gasteiger partial charge in [0.25, 0.3) is 0 Å². The van der Waals surface area contributed by atoms with Gasteiger partial charge in [-0.15, -0.1) is 0 Å². The van der Waals surface area contributed by atoms with Crippen molar-refractivity contribution in [1.82, 2.24) is 0 Å². The average Bonchev–Trinajstić information content (AvgIpc) is 3.78. The number of hydrogen-bond acceptors (Lipinski definition) is 19. The van der Waals surface area contributed by atoms with Crippen LogP contribution in [0.25, 0.3) is 0 Å². The van der Waals surface area contributed by atoms with Crippen LogP contribution < -0.4 is 0 Å². The summed E-state index contributed by atoms with van der Waals surface area (Å²) in [6.45, 7) is 3.04. The highest BCUT2D eigenvalue weighted by Crippen LogP contribution is 2.70. The fraction of sp³-hybridized carbons (Fsp3) is 0.927. The van der Waals surface area contributed by atoms with Gasteiger partial charge in [0.05, 0.1) is 31.5 Å². The molecule has 4 saturated carbocycles. The maximum atomic E-state index is 12.6. The van der Waals surface area contributed by atoms with Crippen molar-refractivity contribution in [3.8, 4) is 0 Å². The molecule has 3 saturated heterocycles. The Labute approximate surface area is 347 Å². The highest BCUT2D eigenvalue weighted by molar-refractivity contribution is 5.85. The van der Waals surface area contributed by atoms with Gasteiger partial charge in [0.2, 0.25) is 0 Å². The first-order chi connectivity index (χ1) is 28.4. The van der Waals surface area contributed by atoms with E-state index in [1.807, 2.05) is 0 Å². The largest absolute Gasteiger partial charge is 0.458 e. The molecule has 0 aromatic rings. The summed E-state index contributed by atoms with van der Waals surface area (Å²) in [6, 6.07) is 0. The maximum absolute atomic E-state index is 12.6. The summed E-state index contributed by atoms with van der Waals surface area (Å²) in [7, 11) is 0. The van der Waals surface area contributed by atoms with E-state index in [4.69, 9.17) is 33.2 Å². The second-order valence-electron chi connectivity index (χ2n) is 19.2. The van der Waals surface area contributed by atoms with Gasteiger partial charge in [-0.1, -0.05) is 13.8 Å². The molecule has 60 heavy (non-hydrogen) atoms. The van der Waals surface area contributed by atoms with Gasteiger partial charge >= 0.3 is 5.97 Å². The minimum absolute atomic E-state index is 0.0571. The topological polar surface area (TPSA) is 304 Å². The Kier molecular flexibility index (Phi) is 12.9. The normalized spacial score (nSPS) is 54.4. The van der Waals surface area contributed by atoms with Gasteiger partial charge in [-0.05, 0) is 92.4 Å². The zero-order valence-electron chi connectivity index (χ0n) is 34.0. The quantitative estimate of drug-likeness (QED) is 0.0775. The molecule has 0 aromatic carbocycles. The number of esters is 1. The molecule has 23 atom stereocenters. The van der Waals surface area contributed by atoms with Gasteiger partial charge in [0.1, 0.15) is 79.9 Å². The standard InChI is InChI=1S/C41H64O19/c1-39-8-5-19(12-18(39)3-4-22-21(39)6-9-40(2)20(7-10-41(22,40)53)17-11-26(43)54-14-17)57-38-35(52)32(49)29(46)25(60-38)16-56-37-34(51)31(48)28(45)24(59-37)15-55-36-33(50)30(47)27(44)23(13-42)58-36/h11,18-25,27-38,42,44-53H,3-10,12-16H2,1-2H3/t18-,19-,20-,21+,22-,23+,24+,25-,27+,28+,29-,30-,31-,32+,33-,34-,35-,36+,37+,38-,39+,40-,41-/m0/s1. The summed E-state index contributed by atoms with van der Waals surface area (Å²) in [5, 5.41) is 117. The lowest BCUT2D eigenvalue weighted by molar-refractivity contribution is -0.346. The fourth-order valence-corrected chi connectivity index (χ4v) is 12.6. The molecule has 342 valence electrons. The number of fused-ring (bicyclic) bond motifs is 5. The van der Waals surface area contributed by atoms with Gasteiger partial charge < -0.3 is 89.3 Å². The summed E-state index contributed by atoms with van der Waals surface area (Å²) < 4.78 is 39.8. The molecule has 0 amide bonds. The predicted octanol–water partition coefficient (Wildman–Crippen LogP) is -2.92. The van der Waals surface area contributed by atoms with E-state index in [-0.39, 0.29) is 40.7 Å². The molecule has 8 rings (SSSR count). The van der Waals surface area contributed by atoms with E-state index in [1.165, 1.54) is 0 Å². The molecular formula is C41H64O19. The molecular weight excluding hydrogens is 796 g/mol. The predicted molar refractivity (Wildman–Crippen MR) is 200 cm³/mol. The Hall–Kier alpha value is -1.47. The zero-order valence-corrected chi connectivity index (χ0v) is 34.0. The summed E-state index contributed by atoms with van der Waals surface area (Å²) >= 11 is 0. The zero-order chi connectivity index (χ0) is 43.1. The number of ether oxygens (including phenoxy) is 7. The summed E-state index contributed by atoms with van der Waals surface area (Å²) in [4.78, 5) is 11.9. The van der Waals surface area contributed by atoms with Crippen LogP contribution in [0.3, 0.4) is 0 Å². The molecule has 8 aliphatic rings. The molecule has 0 spiro atoms. The van der Waals surface area contributed by atoms with Crippen molar-refractivity contribution in [3.63, 3.8) is 0 Å². The highest BCUT2D eigenvalue weighted by Gasteiger charge is 2.68. The van der Waals surface area contributed by atoms with Gasteiger partial charge in [0.15, 0.2) is 18.9 Å². The van der Waals surface area contributed by atoms with Gasteiger partial charge in [0, 0.05) is 11.5 Å². The van der Waals surface area contributed by atoms with Crippen LogP contribution in [0.2, 0.25) is 0 Å². The van der Waals surface area contributed by atoms with Gasteiger partial charge in [-0.3, -0.25) is 0 Å². The third-order valence-electron chi connectivity index (χ3n) is 16.3. The Morgan fingerprint density at radius 3 is 1.80 bits per heavy atom. The molecule has 4 aliphatic heterocycles. The first-order valence-corrected chi connectivity index (χ1v) is 21.6. The van der Waals surface area contributed by atoms with Crippen LogP contribution in [0.4, 0.5) is 0 Å². The van der Waals surface area contributed by atoms with Crippen LogP contribution in [0, 0.1) is 34.5 Å². The first kappa shape index (κ1) is 45.1. The Bertz CT molecular complexity index is 1570. The number of carbonyl (C=O) groups excluding carboxylic acids is 1. The molecule has 0 unspecified atom stereocenters. The van der Waals surface area contributed by atoms with E-state index in [0.717, 1.165) is 44.1 Å². The molecule has 4 heterocycles. The molecule has 11 N–H and O–H groups in total. The van der Waals surface area contributed by atoms with Gasteiger partial charge in [-0.25, -0.2) is 4.79 Å². The number of aliphatic hydroxyl groups is 11. The minimum Gasteiger partial charge on any atom is -0.458 e. The summed E-state index contributed by atoms with van der Waals surface area (Å²) in [5.41, 5.74) is -0.244. The number of rotatable bonds is 10. The Balaban J connectivity index is 0.864. The third kappa shape index (κ3) is 7.59. The molecule has 0 bridgehead atoms. The van der Waals surface area contributed by atoms with Gasteiger partial charge in [-0.2, -0.15) is 0 Å². The Morgan fingerprint density at radius 2 is 1.22 bits per heavy atom. The summed E-state index contributed by atoms with van der Waals surface area (Å²) in [6.07, 6.45) is -15.3. The molecule has 4 aliphatic carbocycles. The van der Waals surface area contributed by atoms with Crippen LogP contribution in [0.15, 0.2) is 11.6 Å². The van der Waals surface area contributed by atoms with Crippen LogP contribution in [-0.4, -0.2) is 192 Å². The van der Waals surface area contributed by atoms with Crippen molar-refractivity contribution in [1.29, 1.82) is 0 Å². The van der Waals surface area contributed by atoms with Crippen molar-refractivity contribution in [2.24, 2.45) is 34.5 Å². The van der Waals surface area contributed by atoms with E-state index >= 15 is 0 Å². The lowest BCUT2D eigenvalue weighted by atomic mass is 9.43. The first-order valence-electron chi connectivity index (χ1n) is 21.6. The summed E-state index contributed by atoms with van der Waals surface area (Å²) in [5.74, 6) is 0.499. The molecule has 19 nitrogen and oxygen atoms in total. The lowest BCUT2D eigenvalue weighted by Crippen LogP contribution is -2.63. The van der Waals surface area contributed by atoms with E-state index in [0.29, 0.717) is 31.8 Å². The molecule has 0 aromatic heterocycles. The number of carbonyl (C=O) groups is 1.